The highest BCUT2D eigenvalue weighted by Crippen LogP contribution is 2.32. The lowest BCUT2D eigenvalue weighted by molar-refractivity contribution is 0.102. The van der Waals surface area contributed by atoms with E-state index in [0.29, 0.717) is 16.4 Å². The van der Waals surface area contributed by atoms with Crippen molar-refractivity contribution >= 4 is 22.9 Å². The van der Waals surface area contributed by atoms with Crippen molar-refractivity contribution < 1.29 is 13.9 Å². The number of hydrogen-bond acceptors (Lipinski definition) is 4. The molecule has 0 bridgehead atoms. The minimum atomic E-state index is -0.351. The molecular weight excluding hydrogens is 339 g/mol. The predicted molar refractivity (Wildman–Crippen MR) is 97.7 cm³/mol. The van der Waals surface area contributed by atoms with Crippen LogP contribution in [0.25, 0.3) is 10.6 Å². The van der Waals surface area contributed by atoms with Crippen molar-refractivity contribution in [1.29, 1.82) is 0 Å². The topological polar surface area (TPSA) is 51.2 Å². The van der Waals surface area contributed by atoms with Crippen molar-refractivity contribution in [3.8, 4) is 16.3 Å². The Morgan fingerprint density at radius 1 is 1.16 bits per heavy atom. The Morgan fingerprint density at radius 2 is 1.88 bits per heavy atom. The van der Waals surface area contributed by atoms with E-state index < -0.39 is 0 Å². The first kappa shape index (κ1) is 17.1. The van der Waals surface area contributed by atoms with Crippen LogP contribution in [-0.4, -0.2) is 17.0 Å². The summed E-state index contributed by atoms with van der Waals surface area (Å²) < 4.78 is 18.7. The second-order valence-electron chi connectivity index (χ2n) is 5.66. The van der Waals surface area contributed by atoms with E-state index in [-0.39, 0.29) is 17.8 Å². The van der Waals surface area contributed by atoms with Crippen LogP contribution in [0, 0.1) is 5.82 Å². The number of carbonyl (C=O) groups is 1. The van der Waals surface area contributed by atoms with Crippen molar-refractivity contribution in [2.45, 2.75) is 20.0 Å². The highest BCUT2D eigenvalue weighted by atomic mass is 32.1. The van der Waals surface area contributed by atoms with Gasteiger partial charge in [-0.3, -0.25) is 4.79 Å². The first-order chi connectivity index (χ1) is 12.0. The molecule has 0 saturated heterocycles. The molecule has 0 saturated carbocycles. The van der Waals surface area contributed by atoms with Crippen molar-refractivity contribution in [2.75, 3.05) is 5.32 Å². The van der Waals surface area contributed by atoms with Gasteiger partial charge >= 0.3 is 0 Å². The number of aromatic nitrogens is 1. The maximum Gasteiger partial charge on any atom is 0.275 e. The molecule has 1 N–H and O–H groups in total. The normalized spacial score (nSPS) is 10.7. The van der Waals surface area contributed by atoms with Gasteiger partial charge in [-0.05, 0) is 50.2 Å². The van der Waals surface area contributed by atoms with E-state index in [1.165, 1.54) is 35.6 Å². The molecule has 0 aliphatic carbocycles. The summed E-state index contributed by atoms with van der Waals surface area (Å²) in [5, 5.41) is 5.11. The second kappa shape index (κ2) is 7.44. The number of halogens is 1. The van der Waals surface area contributed by atoms with E-state index in [9.17, 15) is 9.18 Å². The van der Waals surface area contributed by atoms with E-state index in [2.05, 4.69) is 10.3 Å². The van der Waals surface area contributed by atoms with Crippen molar-refractivity contribution in [3.05, 3.63) is 65.4 Å². The Bertz CT molecular complexity index is 875. The number of nitrogens with zero attached hydrogens (tertiary/aromatic N) is 1. The van der Waals surface area contributed by atoms with Crippen molar-refractivity contribution in [1.82, 2.24) is 4.98 Å². The first-order valence-corrected chi connectivity index (χ1v) is 8.69. The number of amides is 1. The van der Waals surface area contributed by atoms with Gasteiger partial charge in [-0.15, -0.1) is 11.3 Å². The van der Waals surface area contributed by atoms with Crippen LogP contribution in [0.4, 0.5) is 10.1 Å². The molecule has 1 heterocycles. The number of anilines is 1. The van der Waals surface area contributed by atoms with Gasteiger partial charge in [0.2, 0.25) is 0 Å². The molecule has 0 aliphatic rings. The molecular formula is C19H17FN2O2S. The van der Waals surface area contributed by atoms with Gasteiger partial charge in [0.15, 0.2) is 0 Å². The monoisotopic (exact) mass is 356 g/mol. The van der Waals surface area contributed by atoms with E-state index in [1.807, 2.05) is 38.1 Å². The molecule has 0 radical (unpaired) electrons. The van der Waals surface area contributed by atoms with Gasteiger partial charge in [0.05, 0.1) is 11.7 Å². The highest BCUT2D eigenvalue weighted by molar-refractivity contribution is 7.13. The van der Waals surface area contributed by atoms with Gasteiger partial charge in [-0.25, -0.2) is 9.37 Å². The molecule has 128 valence electrons. The van der Waals surface area contributed by atoms with Crippen molar-refractivity contribution in [2.24, 2.45) is 0 Å². The number of nitrogens with one attached hydrogen (secondary N) is 1. The van der Waals surface area contributed by atoms with Crippen LogP contribution in [0.15, 0.2) is 53.9 Å². The highest BCUT2D eigenvalue weighted by Gasteiger charge is 2.15. The summed E-state index contributed by atoms with van der Waals surface area (Å²) in [6, 6.07) is 13.2. The fraction of sp³-hybridized carbons (Fsp3) is 0.158. The zero-order chi connectivity index (χ0) is 17.8. The molecule has 4 nitrogen and oxygen atoms in total. The molecule has 2 aromatic carbocycles. The zero-order valence-electron chi connectivity index (χ0n) is 13.8. The van der Waals surface area contributed by atoms with E-state index in [1.54, 1.807) is 5.38 Å². The molecule has 6 heteroatoms. The second-order valence-corrected chi connectivity index (χ2v) is 6.52. The van der Waals surface area contributed by atoms with E-state index in [4.69, 9.17) is 4.74 Å². The molecule has 0 atom stereocenters. The number of ether oxygens (including phenoxy) is 1. The van der Waals surface area contributed by atoms with Gasteiger partial charge in [0.25, 0.3) is 5.91 Å². The molecule has 0 aliphatic heterocycles. The molecule has 25 heavy (non-hydrogen) atoms. The standard InChI is InChI=1S/C19H17FN2O2S/c1-12(2)24-17-6-4-3-5-15(17)19-22-16(11-25-19)18(23)21-14-9-7-13(20)8-10-14/h3-12H,1-2H3,(H,21,23). The van der Waals surface area contributed by atoms with Crippen LogP contribution in [-0.2, 0) is 0 Å². The van der Waals surface area contributed by atoms with Crippen LogP contribution in [0.5, 0.6) is 5.75 Å². The van der Waals surface area contributed by atoms with Gasteiger partial charge < -0.3 is 10.1 Å². The number of para-hydroxylation sites is 1. The minimum Gasteiger partial charge on any atom is -0.490 e. The minimum absolute atomic E-state index is 0.0438. The molecule has 0 spiro atoms. The van der Waals surface area contributed by atoms with E-state index in [0.717, 1.165) is 11.3 Å². The fourth-order valence-corrected chi connectivity index (χ4v) is 3.06. The summed E-state index contributed by atoms with van der Waals surface area (Å²) in [6.45, 7) is 3.92. The summed E-state index contributed by atoms with van der Waals surface area (Å²) in [5.41, 5.74) is 1.68. The molecule has 3 aromatic rings. The number of rotatable bonds is 5. The maximum atomic E-state index is 12.9. The third-order valence-electron chi connectivity index (χ3n) is 3.32. The smallest absolute Gasteiger partial charge is 0.275 e. The lowest BCUT2D eigenvalue weighted by atomic mass is 10.2. The molecule has 1 amide bonds. The Kier molecular flexibility index (Phi) is 5.09. The lowest BCUT2D eigenvalue weighted by Crippen LogP contribution is -2.12. The van der Waals surface area contributed by atoms with E-state index >= 15 is 0 Å². The van der Waals surface area contributed by atoms with Crippen LogP contribution >= 0.6 is 11.3 Å². The van der Waals surface area contributed by atoms with Gasteiger partial charge in [-0.2, -0.15) is 0 Å². The zero-order valence-corrected chi connectivity index (χ0v) is 14.6. The first-order valence-electron chi connectivity index (χ1n) is 7.81. The van der Waals surface area contributed by atoms with Gasteiger partial charge in [-0.1, -0.05) is 12.1 Å². The number of carbonyl (C=O) groups excluding carboxylic acids is 1. The van der Waals surface area contributed by atoms with Crippen molar-refractivity contribution in [3.63, 3.8) is 0 Å². The quantitative estimate of drug-likeness (QED) is 0.701. The Labute approximate surface area is 149 Å². The Balaban J connectivity index is 1.80. The van der Waals surface area contributed by atoms with Crippen LogP contribution in [0.3, 0.4) is 0 Å². The van der Waals surface area contributed by atoms with Gasteiger partial charge in [0.1, 0.15) is 22.3 Å². The molecule has 0 fully saturated rings. The fourth-order valence-electron chi connectivity index (χ4n) is 2.23. The lowest BCUT2D eigenvalue weighted by Gasteiger charge is -2.12. The van der Waals surface area contributed by atoms with Crippen LogP contribution in [0.2, 0.25) is 0 Å². The third kappa shape index (κ3) is 4.22. The number of hydrogen-bond donors (Lipinski definition) is 1. The molecule has 3 rings (SSSR count). The summed E-state index contributed by atoms with van der Waals surface area (Å²) in [6.07, 6.45) is 0.0438. The SMILES string of the molecule is CC(C)Oc1ccccc1-c1nc(C(=O)Nc2ccc(F)cc2)cs1. The van der Waals surface area contributed by atoms with Crippen LogP contribution in [0.1, 0.15) is 24.3 Å². The number of thiazole rings is 1. The Morgan fingerprint density at radius 3 is 2.60 bits per heavy atom. The summed E-state index contributed by atoms with van der Waals surface area (Å²) in [7, 11) is 0. The largest absolute Gasteiger partial charge is 0.490 e. The number of benzene rings is 2. The Hall–Kier alpha value is -2.73. The molecule has 1 aromatic heterocycles. The van der Waals surface area contributed by atoms with Crippen LogP contribution < -0.4 is 10.1 Å². The maximum absolute atomic E-state index is 12.9. The summed E-state index contributed by atoms with van der Waals surface area (Å²) in [5.74, 6) is 0.0458. The predicted octanol–water partition coefficient (Wildman–Crippen LogP) is 4.99. The van der Waals surface area contributed by atoms with Gasteiger partial charge in [0, 0.05) is 11.1 Å². The average Bonchev–Trinajstić information content (AvgIpc) is 3.07. The average molecular weight is 356 g/mol. The summed E-state index contributed by atoms with van der Waals surface area (Å²) >= 11 is 1.37. The third-order valence-corrected chi connectivity index (χ3v) is 4.19. The molecule has 0 unspecified atom stereocenters. The summed E-state index contributed by atoms with van der Waals surface area (Å²) in [4.78, 5) is 16.7.